The Hall–Kier alpha value is -0.0400. The van der Waals surface area contributed by atoms with Crippen LogP contribution in [0.2, 0.25) is 0 Å². The fourth-order valence-electron chi connectivity index (χ4n) is 2.80. The van der Waals surface area contributed by atoms with Crippen molar-refractivity contribution in [1.82, 2.24) is 15.5 Å². The van der Waals surface area contributed by atoms with E-state index in [1.807, 2.05) is 7.05 Å². The average molecular weight is 396 g/mol. The highest BCUT2D eigenvalue weighted by atomic mass is 127. The molecule has 0 spiro atoms. The predicted molar refractivity (Wildman–Crippen MR) is 99.1 cm³/mol. The number of nitrogens with zero attached hydrogens (tertiary/aromatic N) is 2. The Balaban J connectivity index is 0.00000361. The van der Waals surface area contributed by atoms with Gasteiger partial charge in [-0.25, -0.2) is 0 Å². The lowest BCUT2D eigenvalue weighted by atomic mass is 10.0. The van der Waals surface area contributed by atoms with Crippen LogP contribution in [0.15, 0.2) is 4.99 Å². The van der Waals surface area contributed by atoms with Gasteiger partial charge in [0.2, 0.25) is 0 Å². The second-order valence-electron chi connectivity index (χ2n) is 5.44. The molecule has 5 heteroatoms. The molecule has 1 unspecified atom stereocenters. The monoisotopic (exact) mass is 396 g/mol. The molecule has 1 atom stereocenters. The molecule has 1 heterocycles. The molecule has 1 rings (SSSR count). The second-order valence-corrected chi connectivity index (χ2v) is 5.44. The van der Waals surface area contributed by atoms with Crippen LogP contribution in [0.3, 0.4) is 0 Å². The summed E-state index contributed by atoms with van der Waals surface area (Å²) in [6, 6.07) is 0.677. The molecule has 1 fully saturated rings. The topological polar surface area (TPSA) is 39.7 Å². The van der Waals surface area contributed by atoms with Gasteiger partial charge in [0.05, 0.1) is 0 Å². The number of hydrogen-bond donors (Lipinski definition) is 2. The molecule has 0 aromatic carbocycles. The molecule has 1 aliphatic rings. The van der Waals surface area contributed by atoms with Gasteiger partial charge in [0.1, 0.15) is 0 Å². The van der Waals surface area contributed by atoms with Crippen molar-refractivity contribution in [2.75, 3.05) is 33.2 Å². The van der Waals surface area contributed by atoms with Gasteiger partial charge in [0.15, 0.2) is 5.96 Å². The van der Waals surface area contributed by atoms with Crippen LogP contribution in [0.4, 0.5) is 0 Å². The molecule has 0 saturated carbocycles. The minimum atomic E-state index is 0. The Morgan fingerprint density at radius 1 is 1.25 bits per heavy atom. The van der Waals surface area contributed by atoms with E-state index < -0.39 is 0 Å². The molecule has 1 aliphatic heterocycles. The molecular weight excluding hydrogens is 363 g/mol. The highest BCUT2D eigenvalue weighted by Gasteiger charge is 2.22. The van der Waals surface area contributed by atoms with Crippen molar-refractivity contribution < 1.29 is 0 Å². The summed E-state index contributed by atoms with van der Waals surface area (Å²) in [5, 5.41) is 6.92. The maximum absolute atomic E-state index is 4.32. The van der Waals surface area contributed by atoms with E-state index in [9.17, 15) is 0 Å². The summed E-state index contributed by atoms with van der Waals surface area (Å²) in [4.78, 5) is 6.87. The van der Waals surface area contributed by atoms with Crippen molar-refractivity contribution in [2.45, 2.75) is 52.5 Å². The molecule has 0 aliphatic carbocycles. The highest BCUT2D eigenvalue weighted by molar-refractivity contribution is 14.0. The predicted octanol–water partition coefficient (Wildman–Crippen LogP) is 2.69. The zero-order valence-corrected chi connectivity index (χ0v) is 15.9. The average Bonchev–Trinajstić information content (AvgIpc) is 2.90. The maximum atomic E-state index is 4.32. The molecule has 0 amide bonds. The Labute approximate surface area is 142 Å². The lowest BCUT2D eigenvalue weighted by Crippen LogP contribution is -2.45. The largest absolute Gasteiger partial charge is 0.356 e. The van der Waals surface area contributed by atoms with Crippen LogP contribution in [0, 0.1) is 5.92 Å². The molecular formula is C15H33IN4. The first kappa shape index (κ1) is 20.0. The van der Waals surface area contributed by atoms with Gasteiger partial charge in [-0.15, -0.1) is 24.0 Å². The first-order chi connectivity index (χ1) is 9.24. The number of guanidine groups is 1. The summed E-state index contributed by atoms with van der Waals surface area (Å²) in [5.74, 6) is 1.70. The van der Waals surface area contributed by atoms with Gasteiger partial charge in [-0.2, -0.15) is 0 Å². The standard InChI is InChI=1S/C15H32N4.HI/c1-5-13(6-2)11-17-15(16-4)18-12-14-9-8-10-19(14)7-3;/h13-14H,5-12H2,1-4H3,(H2,16,17,18);1H. The van der Waals surface area contributed by atoms with Gasteiger partial charge in [-0.05, 0) is 31.8 Å². The van der Waals surface area contributed by atoms with Crippen LogP contribution < -0.4 is 10.6 Å². The van der Waals surface area contributed by atoms with Crippen LogP contribution in [0.25, 0.3) is 0 Å². The smallest absolute Gasteiger partial charge is 0.191 e. The van der Waals surface area contributed by atoms with Crippen molar-refractivity contribution in [3.8, 4) is 0 Å². The van der Waals surface area contributed by atoms with Gasteiger partial charge >= 0.3 is 0 Å². The zero-order chi connectivity index (χ0) is 14.1. The Morgan fingerprint density at radius 3 is 2.50 bits per heavy atom. The van der Waals surface area contributed by atoms with E-state index in [1.54, 1.807) is 0 Å². The van der Waals surface area contributed by atoms with E-state index in [4.69, 9.17) is 0 Å². The summed E-state index contributed by atoms with van der Waals surface area (Å²) in [7, 11) is 1.86. The minimum absolute atomic E-state index is 0. The molecule has 1 saturated heterocycles. The van der Waals surface area contributed by atoms with E-state index in [0.717, 1.165) is 31.5 Å². The Bertz CT molecular complexity index is 267. The minimum Gasteiger partial charge on any atom is -0.356 e. The number of aliphatic imine (C=N–C) groups is 1. The van der Waals surface area contributed by atoms with E-state index >= 15 is 0 Å². The van der Waals surface area contributed by atoms with E-state index in [2.05, 4.69) is 41.3 Å². The molecule has 0 radical (unpaired) electrons. The van der Waals surface area contributed by atoms with E-state index in [1.165, 1.54) is 32.2 Å². The van der Waals surface area contributed by atoms with Crippen molar-refractivity contribution in [2.24, 2.45) is 10.9 Å². The summed E-state index contributed by atoms with van der Waals surface area (Å²) in [6.45, 7) is 11.2. The summed E-state index contributed by atoms with van der Waals surface area (Å²) in [5.41, 5.74) is 0. The van der Waals surface area contributed by atoms with Crippen molar-refractivity contribution in [3.63, 3.8) is 0 Å². The number of halogens is 1. The van der Waals surface area contributed by atoms with Gasteiger partial charge in [0.25, 0.3) is 0 Å². The molecule has 2 N–H and O–H groups in total. The number of hydrogen-bond acceptors (Lipinski definition) is 2. The fourth-order valence-corrected chi connectivity index (χ4v) is 2.80. The van der Waals surface area contributed by atoms with Crippen LogP contribution in [-0.4, -0.2) is 50.1 Å². The van der Waals surface area contributed by atoms with Crippen molar-refractivity contribution in [1.29, 1.82) is 0 Å². The molecule has 20 heavy (non-hydrogen) atoms. The van der Waals surface area contributed by atoms with Crippen LogP contribution in [0.5, 0.6) is 0 Å². The van der Waals surface area contributed by atoms with Gasteiger partial charge in [-0.3, -0.25) is 9.89 Å². The second kappa shape index (κ2) is 11.6. The maximum Gasteiger partial charge on any atom is 0.191 e. The Morgan fingerprint density at radius 2 is 1.95 bits per heavy atom. The molecule has 0 aromatic rings. The quantitative estimate of drug-likeness (QED) is 0.395. The van der Waals surface area contributed by atoms with Gasteiger partial charge in [0, 0.05) is 26.2 Å². The summed E-state index contributed by atoms with van der Waals surface area (Å²) >= 11 is 0. The third-order valence-electron chi connectivity index (χ3n) is 4.35. The number of nitrogens with one attached hydrogen (secondary N) is 2. The summed E-state index contributed by atoms with van der Waals surface area (Å²) < 4.78 is 0. The normalized spacial score (nSPS) is 20.1. The molecule has 120 valence electrons. The van der Waals surface area contributed by atoms with Gasteiger partial charge in [-0.1, -0.05) is 33.6 Å². The number of rotatable bonds is 7. The highest BCUT2D eigenvalue weighted by Crippen LogP contribution is 2.15. The molecule has 0 bridgehead atoms. The summed E-state index contributed by atoms with van der Waals surface area (Å²) in [6.07, 6.45) is 5.10. The lowest BCUT2D eigenvalue weighted by molar-refractivity contribution is 0.267. The SMILES string of the molecule is CCC(CC)CNC(=NC)NCC1CCCN1CC.I. The zero-order valence-electron chi connectivity index (χ0n) is 13.6. The number of likely N-dealkylation sites (tertiary alicyclic amines) is 1. The first-order valence-corrected chi connectivity index (χ1v) is 7.93. The number of likely N-dealkylation sites (N-methyl/N-ethyl adjacent to an activating group) is 1. The lowest BCUT2D eigenvalue weighted by Gasteiger charge is -2.24. The van der Waals surface area contributed by atoms with E-state index in [0.29, 0.717) is 6.04 Å². The fraction of sp³-hybridized carbons (Fsp3) is 0.933. The third-order valence-corrected chi connectivity index (χ3v) is 4.35. The van der Waals surface area contributed by atoms with Crippen LogP contribution in [-0.2, 0) is 0 Å². The first-order valence-electron chi connectivity index (χ1n) is 7.93. The van der Waals surface area contributed by atoms with Crippen LogP contribution in [0.1, 0.15) is 46.5 Å². The van der Waals surface area contributed by atoms with Crippen LogP contribution >= 0.6 is 24.0 Å². The molecule has 4 nitrogen and oxygen atoms in total. The molecule has 0 aromatic heterocycles. The van der Waals surface area contributed by atoms with Crippen molar-refractivity contribution >= 4 is 29.9 Å². The van der Waals surface area contributed by atoms with E-state index in [-0.39, 0.29) is 24.0 Å². The third kappa shape index (κ3) is 6.61. The Kier molecular flexibility index (Phi) is 11.6. The van der Waals surface area contributed by atoms with Crippen molar-refractivity contribution in [3.05, 3.63) is 0 Å². The van der Waals surface area contributed by atoms with Gasteiger partial charge < -0.3 is 10.6 Å².